The van der Waals surface area contributed by atoms with Crippen LogP contribution in [0.15, 0.2) is 155 Å². The van der Waals surface area contributed by atoms with E-state index in [0.29, 0.717) is 77.5 Å². The second-order valence-electron chi connectivity index (χ2n) is 47.1. The summed E-state index contributed by atoms with van der Waals surface area (Å²) in [6.07, 6.45) is 34.3. The predicted molar refractivity (Wildman–Crippen MR) is 572 cm³/mol. The molecule has 0 bridgehead atoms. The van der Waals surface area contributed by atoms with E-state index in [4.69, 9.17) is 63.5 Å². The number of aromatic nitrogens is 13. The summed E-state index contributed by atoms with van der Waals surface area (Å²) in [6, 6.07) is 42.4. The van der Waals surface area contributed by atoms with Gasteiger partial charge in [0.1, 0.15) is 16.1 Å². The molecular formula is C122H158BrN13O10. The van der Waals surface area contributed by atoms with E-state index in [-0.39, 0.29) is 73.4 Å². The number of allylic oxidation sites excluding steroid dienone is 1. The van der Waals surface area contributed by atoms with Crippen LogP contribution in [-0.2, 0) is 158 Å². The lowest BCUT2D eigenvalue weighted by Crippen LogP contribution is -2.56. The largest absolute Gasteiger partial charge is 0.515 e. The number of hydrogen-bond donors (Lipinski definition) is 1. The molecule has 1 N–H and O–H groups in total. The van der Waals surface area contributed by atoms with Gasteiger partial charge in [-0.05, 0) is 211 Å². The van der Waals surface area contributed by atoms with E-state index >= 15 is 0 Å². The van der Waals surface area contributed by atoms with Gasteiger partial charge in [-0.3, -0.25) is 37.7 Å². The molecule has 15 aliphatic rings. The monoisotopic (exact) mass is 2040 g/mol. The second-order valence-corrected chi connectivity index (χ2v) is 47.9. The number of carbonyl (C=O) groups excluding carboxylic acids is 2. The van der Waals surface area contributed by atoms with Crippen molar-refractivity contribution >= 4 is 27.5 Å². The van der Waals surface area contributed by atoms with Gasteiger partial charge >= 0.3 is 0 Å². The van der Waals surface area contributed by atoms with Gasteiger partial charge in [0.15, 0.2) is 23.1 Å². The van der Waals surface area contributed by atoms with E-state index in [0.717, 1.165) is 203 Å². The molecule has 24 heteroatoms. The van der Waals surface area contributed by atoms with E-state index in [9.17, 15) is 14.7 Å². The normalized spacial score (nSPS) is 31.6. The van der Waals surface area contributed by atoms with Gasteiger partial charge in [-0.25, -0.2) is 0 Å². The lowest BCUT2D eigenvalue weighted by atomic mass is 9.54. The quantitative estimate of drug-likeness (QED) is 0.0988. The molecule has 10 heterocycles. The van der Waals surface area contributed by atoms with Crippen LogP contribution in [0.2, 0.25) is 0 Å². The zero-order valence-corrected chi connectivity index (χ0v) is 91.6. The van der Waals surface area contributed by atoms with Crippen molar-refractivity contribution in [2.75, 3.05) is 39.6 Å². The molecule has 0 unspecified atom stereocenters. The van der Waals surface area contributed by atoms with Gasteiger partial charge in [0.25, 0.3) is 0 Å². The number of ketones is 2. The first-order valence-electron chi connectivity index (χ1n) is 55.8. The van der Waals surface area contributed by atoms with Gasteiger partial charge in [-0.15, -0.1) is 0 Å². The molecule has 8 fully saturated rings. The summed E-state index contributed by atoms with van der Waals surface area (Å²) in [7, 11) is 12.3. The van der Waals surface area contributed by atoms with Crippen LogP contribution in [0.25, 0.3) is 45.0 Å². The van der Waals surface area contributed by atoms with Crippen molar-refractivity contribution in [3.05, 3.63) is 229 Å². The van der Waals surface area contributed by atoms with Gasteiger partial charge in [-0.2, -0.15) is 30.6 Å². The Morgan fingerprint density at radius 1 is 0.356 bits per heavy atom. The maximum Gasteiger partial charge on any atom is 0.171 e. The van der Waals surface area contributed by atoms with Crippen molar-refractivity contribution in [2.24, 2.45) is 107 Å². The summed E-state index contributed by atoms with van der Waals surface area (Å²) in [5.74, 6) is 5.93. The molecule has 4 aromatic carbocycles. The third-order valence-electron chi connectivity index (χ3n) is 39.9. The van der Waals surface area contributed by atoms with Crippen LogP contribution in [0.1, 0.15) is 303 Å². The Morgan fingerprint density at radius 2 is 0.685 bits per heavy atom. The average molecular weight is 2050 g/mol. The van der Waals surface area contributed by atoms with E-state index < -0.39 is 0 Å². The Hall–Kier alpha value is -9.53. The molecule has 3 saturated heterocycles. The minimum atomic E-state index is -0.340. The number of aliphatic hydroxyl groups excluding tert-OH is 1. The number of aryl methyl sites for hydroxylation is 7. The summed E-state index contributed by atoms with van der Waals surface area (Å²) in [6.45, 7) is 32.2. The molecule has 18 atom stereocenters. The lowest BCUT2D eigenvalue weighted by Gasteiger charge is -2.54. The topological polar surface area (TPSA) is 243 Å². The number of ether oxygens (including phenoxy) is 6. The summed E-state index contributed by atoms with van der Waals surface area (Å²) >= 11 is 3.72. The zero-order valence-electron chi connectivity index (χ0n) is 90.1. The molecule has 11 aromatic rings. The fourth-order valence-corrected chi connectivity index (χ4v) is 33.7. The maximum absolute atomic E-state index is 12.7. The number of fused-ring (bicyclic) bond motifs is 19. The number of aliphatic hydroxyl groups is 1. The number of benzene rings is 4. The maximum atomic E-state index is 12.7. The highest BCUT2D eigenvalue weighted by Gasteiger charge is 2.64. The van der Waals surface area contributed by atoms with Crippen LogP contribution in [0.3, 0.4) is 0 Å². The third-order valence-corrected chi connectivity index (χ3v) is 40.9. The number of carbonyl (C=O) groups is 2. The van der Waals surface area contributed by atoms with E-state index in [1.807, 2.05) is 47.5 Å². The minimum Gasteiger partial charge on any atom is -0.515 e. The van der Waals surface area contributed by atoms with Gasteiger partial charge in [0.05, 0.1) is 109 Å². The Labute approximate surface area is 873 Å². The molecule has 7 aromatic heterocycles. The van der Waals surface area contributed by atoms with Crippen molar-refractivity contribution in [3.8, 4) is 45.0 Å². The van der Waals surface area contributed by atoms with Crippen LogP contribution in [-0.4, -0.2) is 138 Å². The first kappa shape index (κ1) is 102. The number of Topliss-reactive ketones (excluding diaryl/α,β-unsaturated/α-hetero) is 2. The summed E-state index contributed by atoms with van der Waals surface area (Å²) in [4.78, 5) is 25.1. The SMILES string of the molecule is CC[C@@H]1C(=O)/C(=C\O)C[C@]2(C)c3nn(C)c(-c4ccccc4)c3CC[C@@H]12.CC[C@@H]1C(=O)CC[C@]2(C)c3nn(C)c(-c4ccccc4)c3CC[C@@H]12.CC[C@@H]1c2oncc2C[C@]2(C)c3nn(C)c(-c4ccccc4)c3CC[C@@H]12.CC[C@H]1[C@@H]2CCc3c(nn(C)c3-c3ccccc3)[C@@]2(C)CCC12OCCO2.CC[C@H]1[C@@H]2CCc3c(nn(C)c3Br)[C@@]2(C)CCC12OCCO2.CC[C@H]1[C@@H]2CCc3cn(C)nc3[C@@]2(C)CCC12OCCO2. The highest BCUT2D eigenvalue weighted by Crippen LogP contribution is 2.65. The molecule has 23 nitrogen and oxygen atoms in total. The van der Waals surface area contributed by atoms with Crippen molar-refractivity contribution in [1.29, 1.82) is 0 Å². The van der Waals surface area contributed by atoms with Crippen molar-refractivity contribution in [2.45, 2.75) is 319 Å². The highest BCUT2D eigenvalue weighted by molar-refractivity contribution is 9.10. The molecule has 778 valence electrons. The number of rotatable bonds is 10. The fourth-order valence-electron chi connectivity index (χ4n) is 33.2. The summed E-state index contributed by atoms with van der Waals surface area (Å²) in [5, 5.41) is 43.6. The van der Waals surface area contributed by atoms with Crippen LogP contribution in [0.5, 0.6) is 0 Å². The predicted octanol–water partition coefficient (Wildman–Crippen LogP) is 24.1. The molecule has 0 amide bonds. The van der Waals surface area contributed by atoms with Gasteiger partial charge < -0.3 is 38.1 Å². The Kier molecular flexibility index (Phi) is 28.0. The van der Waals surface area contributed by atoms with Crippen LogP contribution in [0, 0.1) is 65.1 Å². The highest BCUT2D eigenvalue weighted by atomic mass is 79.9. The molecule has 3 aliphatic heterocycles. The summed E-state index contributed by atoms with van der Waals surface area (Å²) in [5.41, 5.74) is 28.3. The molecule has 0 radical (unpaired) electrons. The van der Waals surface area contributed by atoms with Crippen LogP contribution in [0.4, 0.5) is 0 Å². The molecule has 12 aliphatic carbocycles. The Morgan fingerprint density at radius 3 is 1.07 bits per heavy atom. The number of hydrogen-bond acceptors (Lipinski definition) is 17. The number of nitrogens with zero attached hydrogens (tertiary/aromatic N) is 13. The molecular weight excluding hydrogens is 1890 g/mol. The standard InChI is InChI=1S/C23H30N2O2.C22H25N3O.C22H26N2O2.C21H26N2O.C17H25BrN2O2.C17H26N2O2/c1-4-18-19-11-10-17-20(16-8-6-5-7-9-16)25(3)24-21(17)22(19,2)12-13-23(18)26-14-15-27-23;1-4-16-18-11-10-17-19(14-8-6-5-7-9-14)25(3)24-21(17)22(18,2)12-15-13-23-26-20(15)16;1-4-16-18-11-10-17-19(14-8-6-5-7-9-14)24(3)23-21(17)22(18,2)12-15(13-25)20(16)26;1-4-15-17-11-10-16-19(14-8-6-5-7-9-14)23(3)22-20(16)21(17,2)13-12-18(15)24;1-4-12-13-6-5-11-14(19-20(3)15(11)18)16(13,2)7-8-17(12)21-9-10-22-17;1-4-13-14-6-5-12-11-19(3)18-15(12)16(14,2)7-8-17(13)20-9-10-21-17/h5-9,18-19H,4,10-15H2,1-3H3;5-9,13,16,18H,4,10-12H2,1-3H3;5-9,13,16,18,25H,4,10-12H2,1-3H3;5-9,15,17H,4,10-13H2,1-3H3;12-13H,4-10H2,1-3H3;11,13-14H,4-10H2,1-3H3/b;;15-13-;;;/t18-,19-,22-;2*16-,18-,22-;15-,17-,21-;12-,13-,16-;13-,14-,16-/m000000/s1. The van der Waals surface area contributed by atoms with E-state index in [1.54, 1.807) is 0 Å². The Balaban J connectivity index is 0.000000103. The summed E-state index contributed by atoms with van der Waals surface area (Å²) < 4.78 is 56.0. The smallest absolute Gasteiger partial charge is 0.171 e. The van der Waals surface area contributed by atoms with Gasteiger partial charge in [0, 0.05) is 203 Å². The van der Waals surface area contributed by atoms with Crippen LogP contribution < -0.4 is 0 Å². The van der Waals surface area contributed by atoms with E-state index in [2.05, 4.69) is 261 Å². The molecule has 5 saturated carbocycles. The van der Waals surface area contributed by atoms with E-state index in [1.165, 1.54) is 138 Å². The Bertz CT molecular complexity index is 6600. The van der Waals surface area contributed by atoms with Crippen molar-refractivity contribution in [1.82, 2.24) is 63.8 Å². The molecule has 26 rings (SSSR count). The fraction of sp³-hybridized carbons (Fsp3) is 0.598. The second kappa shape index (κ2) is 40.0. The van der Waals surface area contributed by atoms with Gasteiger partial charge in [-0.1, -0.05) is 210 Å². The average Bonchev–Trinajstić information content (AvgIpc) is 1.49. The zero-order chi connectivity index (χ0) is 102. The third kappa shape index (κ3) is 16.7. The van der Waals surface area contributed by atoms with Crippen molar-refractivity contribution < 1.29 is 47.6 Å². The molecule has 146 heavy (non-hydrogen) atoms. The first-order valence-corrected chi connectivity index (χ1v) is 56.6. The van der Waals surface area contributed by atoms with Crippen molar-refractivity contribution in [3.63, 3.8) is 0 Å². The first-order chi connectivity index (χ1) is 70.4. The van der Waals surface area contributed by atoms with Crippen LogP contribution >= 0.6 is 15.9 Å². The number of halogens is 1. The van der Waals surface area contributed by atoms with Gasteiger partial charge in [0.2, 0.25) is 0 Å². The minimum absolute atomic E-state index is 0.0255. The molecule has 3 spiro atoms. The lowest BCUT2D eigenvalue weighted by molar-refractivity contribution is -0.240.